The minimum Gasteiger partial charge on any atom is -0.399 e. The van der Waals surface area contributed by atoms with E-state index in [1.807, 2.05) is 18.2 Å². The number of benzene rings is 1. The summed E-state index contributed by atoms with van der Waals surface area (Å²) in [6.07, 6.45) is 3.23. The van der Waals surface area contributed by atoms with Crippen molar-refractivity contribution in [1.29, 1.82) is 0 Å². The highest BCUT2D eigenvalue weighted by Gasteiger charge is 2.51. The maximum Gasteiger partial charge on any atom is 0.494 e. The molecular weight excluding hydrogens is 289 g/mol. The van der Waals surface area contributed by atoms with Gasteiger partial charge >= 0.3 is 7.12 Å². The Labute approximate surface area is 139 Å². The Morgan fingerprint density at radius 3 is 2.43 bits per heavy atom. The molecule has 2 fully saturated rings. The minimum atomic E-state index is -0.359. The Morgan fingerprint density at radius 1 is 1.22 bits per heavy atom. The summed E-state index contributed by atoms with van der Waals surface area (Å²) in [6, 6.07) is 8.09. The van der Waals surface area contributed by atoms with Gasteiger partial charge in [-0.15, -0.1) is 0 Å². The van der Waals surface area contributed by atoms with E-state index < -0.39 is 0 Å². The predicted octanol–water partition coefficient (Wildman–Crippen LogP) is 2.40. The first-order chi connectivity index (χ1) is 10.8. The molecule has 0 unspecified atom stereocenters. The lowest BCUT2D eigenvalue weighted by atomic mass is 9.78. The van der Waals surface area contributed by atoms with Crippen LogP contribution in [-0.2, 0) is 20.6 Å². The van der Waals surface area contributed by atoms with Gasteiger partial charge in [0.25, 0.3) is 0 Å². The highest BCUT2D eigenvalue weighted by Crippen LogP contribution is 2.36. The third-order valence-electron chi connectivity index (χ3n) is 5.42. The maximum atomic E-state index is 11.9. The second kappa shape index (κ2) is 5.95. The van der Waals surface area contributed by atoms with E-state index in [4.69, 9.17) is 9.31 Å². The second-order valence-corrected chi connectivity index (χ2v) is 7.68. The van der Waals surface area contributed by atoms with E-state index in [-0.39, 0.29) is 30.1 Å². The van der Waals surface area contributed by atoms with Crippen LogP contribution in [0, 0.1) is 5.92 Å². The van der Waals surface area contributed by atoms with Crippen LogP contribution in [0.3, 0.4) is 0 Å². The van der Waals surface area contributed by atoms with Crippen molar-refractivity contribution in [2.75, 3.05) is 0 Å². The molecule has 23 heavy (non-hydrogen) atoms. The Hall–Kier alpha value is -1.33. The molecule has 1 amide bonds. The Morgan fingerprint density at radius 2 is 1.87 bits per heavy atom. The Kier molecular flexibility index (Phi) is 4.28. The van der Waals surface area contributed by atoms with Crippen molar-refractivity contribution >= 4 is 18.5 Å². The smallest absolute Gasteiger partial charge is 0.399 e. The van der Waals surface area contributed by atoms with Gasteiger partial charge in [0.2, 0.25) is 5.91 Å². The fraction of sp³-hybridized carbons (Fsp3) is 0.611. The first-order valence-electron chi connectivity index (χ1n) is 8.51. The summed E-state index contributed by atoms with van der Waals surface area (Å²) in [4.78, 5) is 11.9. The summed E-state index contributed by atoms with van der Waals surface area (Å²) in [6.45, 7) is 8.76. The molecule has 3 rings (SSSR count). The van der Waals surface area contributed by atoms with E-state index in [1.165, 1.54) is 6.42 Å². The monoisotopic (exact) mass is 315 g/mol. The highest BCUT2D eigenvalue weighted by atomic mass is 16.7. The first-order valence-corrected chi connectivity index (χ1v) is 8.51. The van der Waals surface area contributed by atoms with Crippen LogP contribution in [0.5, 0.6) is 0 Å². The number of carbonyl (C=O) groups excluding carboxylic acids is 1. The molecule has 1 aromatic carbocycles. The van der Waals surface area contributed by atoms with Crippen molar-refractivity contribution in [2.24, 2.45) is 5.92 Å². The van der Waals surface area contributed by atoms with Crippen molar-refractivity contribution in [2.45, 2.75) is 64.7 Å². The second-order valence-electron chi connectivity index (χ2n) is 7.68. The molecule has 124 valence electrons. The van der Waals surface area contributed by atoms with Gasteiger partial charge in [-0.25, -0.2) is 0 Å². The predicted molar refractivity (Wildman–Crippen MR) is 91.3 cm³/mol. The number of rotatable bonds is 4. The third-order valence-corrected chi connectivity index (χ3v) is 5.42. The average molecular weight is 315 g/mol. The summed E-state index contributed by atoms with van der Waals surface area (Å²) in [5.74, 6) is 0.401. The SMILES string of the molecule is CC1(C)OB(c2cccc(CNC(=O)C3CCC3)c2)OC1(C)C. The number of amides is 1. The van der Waals surface area contributed by atoms with Gasteiger partial charge < -0.3 is 14.6 Å². The van der Waals surface area contributed by atoms with E-state index >= 15 is 0 Å². The fourth-order valence-corrected chi connectivity index (χ4v) is 2.83. The van der Waals surface area contributed by atoms with Gasteiger partial charge in [-0.3, -0.25) is 4.79 Å². The lowest BCUT2D eigenvalue weighted by Crippen LogP contribution is -2.41. The number of hydrogen-bond donors (Lipinski definition) is 1. The van der Waals surface area contributed by atoms with Crippen LogP contribution in [0.1, 0.15) is 52.5 Å². The van der Waals surface area contributed by atoms with Gasteiger partial charge in [0.1, 0.15) is 0 Å². The standard InChI is InChI=1S/C18H26BNO3/c1-17(2)18(3,4)23-19(22-17)15-10-5-7-13(11-15)12-20-16(21)14-8-6-9-14/h5,7,10-11,14H,6,8-9,12H2,1-4H3,(H,20,21). The molecule has 1 N–H and O–H groups in total. The molecule has 0 aromatic heterocycles. The van der Waals surface area contributed by atoms with Crippen LogP contribution in [0.15, 0.2) is 24.3 Å². The van der Waals surface area contributed by atoms with Crippen molar-refractivity contribution in [1.82, 2.24) is 5.32 Å². The van der Waals surface area contributed by atoms with E-state index in [0.29, 0.717) is 6.54 Å². The topological polar surface area (TPSA) is 47.6 Å². The molecule has 0 spiro atoms. The molecule has 1 saturated heterocycles. The molecule has 1 aromatic rings. The van der Waals surface area contributed by atoms with Crippen LogP contribution in [0.4, 0.5) is 0 Å². The number of hydrogen-bond acceptors (Lipinski definition) is 3. The van der Waals surface area contributed by atoms with E-state index in [2.05, 4.69) is 39.1 Å². The summed E-state index contributed by atoms with van der Waals surface area (Å²) >= 11 is 0. The zero-order chi connectivity index (χ0) is 16.7. The quantitative estimate of drug-likeness (QED) is 0.868. The maximum absolute atomic E-state index is 11.9. The molecule has 0 radical (unpaired) electrons. The molecule has 1 aliphatic carbocycles. The van der Waals surface area contributed by atoms with Gasteiger partial charge in [-0.1, -0.05) is 30.7 Å². The third kappa shape index (κ3) is 3.31. The lowest BCUT2D eigenvalue weighted by Gasteiger charge is -2.32. The Balaban J connectivity index is 1.65. The molecule has 1 saturated carbocycles. The van der Waals surface area contributed by atoms with Gasteiger partial charge in [0.05, 0.1) is 11.2 Å². The van der Waals surface area contributed by atoms with Crippen LogP contribution >= 0.6 is 0 Å². The largest absolute Gasteiger partial charge is 0.494 e. The zero-order valence-electron chi connectivity index (χ0n) is 14.5. The van der Waals surface area contributed by atoms with Crippen molar-refractivity contribution in [3.05, 3.63) is 29.8 Å². The van der Waals surface area contributed by atoms with Gasteiger partial charge in [0, 0.05) is 12.5 Å². The highest BCUT2D eigenvalue weighted by molar-refractivity contribution is 6.62. The van der Waals surface area contributed by atoms with Gasteiger partial charge in [0.15, 0.2) is 0 Å². The van der Waals surface area contributed by atoms with Crippen molar-refractivity contribution in [3.63, 3.8) is 0 Å². The average Bonchev–Trinajstić information content (AvgIpc) is 2.64. The molecule has 0 atom stereocenters. The zero-order valence-corrected chi connectivity index (χ0v) is 14.5. The molecule has 1 heterocycles. The van der Waals surface area contributed by atoms with Crippen molar-refractivity contribution in [3.8, 4) is 0 Å². The molecule has 0 bridgehead atoms. The summed E-state index contributed by atoms with van der Waals surface area (Å²) in [5.41, 5.74) is 1.39. The van der Waals surface area contributed by atoms with Crippen molar-refractivity contribution < 1.29 is 14.1 Å². The Bertz CT molecular complexity index is 580. The van der Waals surface area contributed by atoms with Crippen LogP contribution in [0.2, 0.25) is 0 Å². The van der Waals surface area contributed by atoms with Gasteiger partial charge in [-0.2, -0.15) is 0 Å². The molecule has 5 heteroatoms. The molecule has 4 nitrogen and oxygen atoms in total. The van der Waals surface area contributed by atoms with E-state index in [9.17, 15) is 4.79 Å². The molecule has 2 aliphatic rings. The van der Waals surface area contributed by atoms with E-state index in [0.717, 1.165) is 23.9 Å². The first kappa shape index (κ1) is 16.5. The summed E-state index contributed by atoms with van der Waals surface area (Å²) in [7, 11) is -0.359. The normalized spacial score (nSPS) is 22.7. The molecule has 1 aliphatic heterocycles. The van der Waals surface area contributed by atoms with Crippen LogP contribution in [-0.4, -0.2) is 24.2 Å². The fourth-order valence-electron chi connectivity index (χ4n) is 2.83. The minimum absolute atomic E-state index is 0.178. The number of carbonyl (C=O) groups is 1. The van der Waals surface area contributed by atoms with E-state index in [1.54, 1.807) is 0 Å². The number of nitrogens with one attached hydrogen (secondary N) is 1. The van der Waals surface area contributed by atoms with Crippen LogP contribution < -0.4 is 10.8 Å². The van der Waals surface area contributed by atoms with Gasteiger partial charge in [-0.05, 0) is 51.6 Å². The molecular formula is C18H26BNO3. The summed E-state index contributed by atoms with van der Waals surface area (Å²) in [5, 5.41) is 3.03. The van der Waals surface area contributed by atoms with Crippen LogP contribution in [0.25, 0.3) is 0 Å². The summed E-state index contributed by atoms with van der Waals surface area (Å²) < 4.78 is 12.2. The lowest BCUT2D eigenvalue weighted by molar-refractivity contribution is -0.127.